The van der Waals surface area contributed by atoms with Gasteiger partial charge in [-0.15, -0.1) is 0 Å². The summed E-state index contributed by atoms with van der Waals surface area (Å²) in [6.45, 7) is 13.6. The van der Waals surface area contributed by atoms with Crippen LogP contribution in [0.3, 0.4) is 0 Å². The van der Waals surface area contributed by atoms with Crippen LogP contribution >= 0.6 is 0 Å². The van der Waals surface area contributed by atoms with Crippen LogP contribution in [0.5, 0.6) is 5.75 Å². The minimum atomic E-state index is -4.60. The van der Waals surface area contributed by atoms with E-state index in [1.165, 1.54) is 0 Å². The van der Waals surface area contributed by atoms with Crippen molar-refractivity contribution < 1.29 is 22.7 Å². The van der Waals surface area contributed by atoms with E-state index < -0.39 is 11.7 Å². The Morgan fingerprint density at radius 2 is 1.51 bits per heavy atom. The summed E-state index contributed by atoms with van der Waals surface area (Å²) in [7, 11) is 0. The molecule has 0 aliphatic heterocycles. The minimum absolute atomic E-state index is 0.00223. The van der Waals surface area contributed by atoms with Crippen molar-refractivity contribution in [1.29, 1.82) is 10.5 Å². The number of alkyl halides is 3. The van der Waals surface area contributed by atoms with Crippen LogP contribution < -0.4 is 15.2 Å². The minimum Gasteiger partial charge on any atom is -0.461 e. The van der Waals surface area contributed by atoms with Gasteiger partial charge in [-0.1, -0.05) is 85.3 Å². The lowest BCUT2D eigenvalue weighted by atomic mass is 9.75. The van der Waals surface area contributed by atoms with Crippen molar-refractivity contribution in [3.63, 3.8) is 0 Å². The fourth-order valence-electron chi connectivity index (χ4n) is 6.71. The van der Waals surface area contributed by atoms with E-state index in [1.807, 2.05) is 11.0 Å². The predicted octanol–water partition coefficient (Wildman–Crippen LogP) is 10.1. The number of fused-ring (bicyclic) bond motifs is 1. The van der Waals surface area contributed by atoms with Gasteiger partial charge in [0.15, 0.2) is 0 Å². The Kier molecular flexibility index (Phi) is 13.2. The van der Waals surface area contributed by atoms with E-state index in [1.54, 1.807) is 43.3 Å². The molecule has 1 unspecified atom stereocenters. The molecule has 8 heteroatoms. The molecule has 4 rings (SSSR count). The molecule has 270 valence electrons. The van der Waals surface area contributed by atoms with E-state index in [2.05, 4.69) is 46.8 Å². The Morgan fingerprint density at radius 1 is 0.882 bits per heavy atom. The van der Waals surface area contributed by atoms with Crippen LogP contribution in [-0.4, -0.2) is 23.9 Å². The van der Waals surface area contributed by atoms with E-state index in [0.29, 0.717) is 52.6 Å². The Hall–Kier alpha value is -4.56. The largest absolute Gasteiger partial charge is 0.461 e. The lowest BCUT2D eigenvalue weighted by molar-refractivity contribution is -0.137. The molecule has 0 N–H and O–H groups in total. The quantitative estimate of drug-likeness (QED) is 0.157. The van der Waals surface area contributed by atoms with Crippen LogP contribution in [0.25, 0.3) is 23.0 Å². The summed E-state index contributed by atoms with van der Waals surface area (Å²) >= 11 is 0. The fourth-order valence-corrected chi connectivity index (χ4v) is 6.71. The van der Waals surface area contributed by atoms with Crippen molar-refractivity contribution in [3.8, 4) is 29.0 Å². The molecule has 0 radical (unpaired) electrons. The molecule has 0 saturated heterocycles. The molecule has 1 aliphatic carbocycles. The van der Waals surface area contributed by atoms with Crippen LogP contribution in [0.2, 0.25) is 0 Å². The third-order valence-corrected chi connectivity index (χ3v) is 9.65. The average molecular weight is 698 g/mol. The van der Waals surface area contributed by atoms with Gasteiger partial charge in [-0.25, -0.2) is 0 Å². The van der Waals surface area contributed by atoms with Gasteiger partial charge in [-0.05, 0) is 89.9 Å². The van der Waals surface area contributed by atoms with Gasteiger partial charge < -0.3 is 9.64 Å². The number of carbonyl (C=O) groups excluding carboxylic acids is 1. The number of unbranched alkanes of at least 4 members (excludes halogenated alkanes) is 6. The Balaban J connectivity index is 1.83. The number of hydrogen-bond acceptors (Lipinski definition) is 4. The average Bonchev–Trinajstić information content (AvgIpc) is 3.08. The number of ether oxygens (including phenoxy) is 1. The van der Waals surface area contributed by atoms with Gasteiger partial charge in [0.05, 0.1) is 16.7 Å². The molecule has 0 bridgehead atoms. The molecule has 0 spiro atoms. The van der Waals surface area contributed by atoms with E-state index in [0.717, 1.165) is 63.5 Å². The summed E-state index contributed by atoms with van der Waals surface area (Å²) in [4.78, 5) is 15.6. The zero-order chi connectivity index (χ0) is 37.3. The molecule has 3 aromatic carbocycles. The number of aryl methyl sites for hydroxylation is 1. The van der Waals surface area contributed by atoms with Crippen molar-refractivity contribution in [2.24, 2.45) is 11.3 Å². The van der Waals surface area contributed by atoms with Crippen molar-refractivity contribution in [3.05, 3.63) is 86.8 Å². The van der Waals surface area contributed by atoms with Crippen LogP contribution in [0.15, 0.2) is 48.5 Å². The Morgan fingerprint density at radius 3 is 2.04 bits per heavy atom. The smallest absolute Gasteiger partial charge is 0.416 e. The molecular formula is C43H50F3N3O2. The normalized spacial score (nSPS) is 14.3. The van der Waals surface area contributed by atoms with Crippen LogP contribution in [0.4, 0.5) is 13.2 Å². The first kappa shape index (κ1) is 39.2. The number of carbonyl (C=O) groups is 1. The molecule has 0 aromatic heterocycles. The summed E-state index contributed by atoms with van der Waals surface area (Å²) in [5.41, 5.74) is 0.406. The van der Waals surface area contributed by atoms with Gasteiger partial charge in [-0.2, -0.15) is 23.7 Å². The Bertz CT molecular complexity index is 1900. The number of nitrogens with zero attached hydrogens (tertiary/aromatic N) is 3. The van der Waals surface area contributed by atoms with Crippen LogP contribution in [-0.2, 0) is 6.18 Å². The van der Waals surface area contributed by atoms with Gasteiger partial charge in [0.1, 0.15) is 23.6 Å². The van der Waals surface area contributed by atoms with E-state index in [4.69, 9.17) is 4.74 Å². The van der Waals surface area contributed by atoms with Gasteiger partial charge in [-0.3, -0.25) is 4.79 Å². The predicted molar refractivity (Wildman–Crippen MR) is 197 cm³/mol. The topological polar surface area (TPSA) is 77.1 Å². The molecule has 51 heavy (non-hydrogen) atoms. The number of hydrogen-bond donors (Lipinski definition) is 0. The summed E-state index contributed by atoms with van der Waals surface area (Å²) in [5.74, 6) is 0.905. The van der Waals surface area contributed by atoms with Gasteiger partial charge in [0.2, 0.25) is 0 Å². The second kappa shape index (κ2) is 17.1. The molecule has 1 atom stereocenters. The standard InChI is InChI=1S/C43H50F3N3O2/c1-7-9-11-13-19-49(20-14-12-10-8-2)41(50)30-15-17-36(18-16-30)51-38-26-34(42(4,5)6)24-32-23-33(27-47)37(28-48)39(40(32)38)31-21-29(3)22-35(25-31)43(44,45)46/h15-18,21-25,34H,7-14,19-20,26H2,1-6H3. The SMILES string of the molecule is CCCCCCN(CCCCCC)C(=O)c1ccc(OC2=c3c(-c4cc(C)cc(C(F)(F)F)c4)c(C#N)c(C#N)cc3=CC(C(C)(C)C)C2)cc1. The molecule has 0 saturated carbocycles. The van der Waals surface area contributed by atoms with Gasteiger partial charge >= 0.3 is 6.18 Å². The van der Waals surface area contributed by atoms with Gasteiger partial charge in [0, 0.05) is 35.9 Å². The maximum atomic E-state index is 14.0. The molecular weight excluding hydrogens is 647 g/mol. The number of halogens is 3. The first-order valence-corrected chi connectivity index (χ1v) is 18.2. The number of rotatable bonds is 14. The summed E-state index contributed by atoms with van der Waals surface area (Å²) in [5, 5.41) is 21.5. The third-order valence-electron chi connectivity index (χ3n) is 9.65. The van der Waals surface area contributed by atoms with E-state index in [-0.39, 0.29) is 39.5 Å². The summed E-state index contributed by atoms with van der Waals surface area (Å²) in [6.07, 6.45) is 6.48. The number of amides is 1. The highest BCUT2D eigenvalue weighted by Crippen LogP contribution is 2.37. The zero-order valence-corrected chi connectivity index (χ0v) is 30.8. The first-order valence-electron chi connectivity index (χ1n) is 18.2. The van der Waals surface area contributed by atoms with Crippen molar-refractivity contribution in [2.75, 3.05) is 13.1 Å². The maximum Gasteiger partial charge on any atom is 0.416 e. The lowest BCUT2D eigenvalue weighted by Crippen LogP contribution is -2.39. The lowest BCUT2D eigenvalue weighted by Gasteiger charge is -2.32. The monoisotopic (exact) mass is 697 g/mol. The second-order valence-corrected chi connectivity index (χ2v) is 14.8. The van der Waals surface area contributed by atoms with Crippen LogP contribution in [0, 0.1) is 40.9 Å². The fraction of sp³-hybridized carbons (Fsp3) is 0.465. The van der Waals surface area contributed by atoms with Crippen molar-refractivity contribution in [1.82, 2.24) is 4.90 Å². The summed E-state index contributed by atoms with van der Waals surface area (Å²) < 4.78 is 48.7. The second-order valence-electron chi connectivity index (χ2n) is 14.8. The highest BCUT2D eigenvalue weighted by Gasteiger charge is 2.33. The Labute approximate surface area is 301 Å². The van der Waals surface area contributed by atoms with Crippen molar-refractivity contribution >= 4 is 17.7 Å². The maximum absolute atomic E-state index is 14.0. The number of benzene rings is 3. The zero-order valence-electron chi connectivity index (χ0n) is 30.8. The highest BCUT2D eigenvalue weighted by atomic mass is 19.4. The number of nitriles is 2. The van der Waals surface area contributed by atoms with Crippen LogP contribution in [0.1, 0.15) is 125 Å². The molecule has 1 amide bonds. The highest BCUT2D eigenvalue weighted by molar-refractivity contribution is 5.94. The summed E-state index contributed by atoms with van der Waals surface area (Å²) in [6, 6.07) is 16.6. The van der Waals surface area contributed by atoms with Gasteiger partial charge in [0.25, 0.3) is 5.91 Å². The first-order chi connectivity index (χ1) is 24.2. The molecule has 3 aromatic rings. The van der Waals surface area contributed by atoms with Crippen molar-refractivity contribution in [2.45, 2.75) is 106 Å². The van der Waals surface area contributed by atoms with E-state index in [9.17, 15) is 28.5 Å². The molecule has 5 nitrogen and oxygen atoms in total. The molecule has 1 aliphatic rings. The third kappa shape index (κ3) is 9.82. The molecule has 0 fully saturated rings. The van der Waals surface area contributed by atoms with E-state index >= 15 is 0 Å². The molecule has 0 heterocycles.